The van der Waals surface area contributed by atoms with Crippen molar-refractivity contribution >= 4 is 5.69 Å². The molecule has 0 aliphatic rings. The molecule has 1 aromatic heterocycles. The van der Waals surface area contributed by atoms with E-state index < -0.39 is 0 Å². The Morgan fingerprint density at radius 2 is 2.16 bits per heavy atom. The second kappa shape index (κ2) is 5.34. The molecule has 2 N–H and O–H groups in total. The molecular formula is C15H21N3O. The highest BCUT2D eigenvalue weighted by Gasteiger charge is 2.15. The van der Waals surface area contributed by atoms with Gasteiger partial charge >= 0.3 is 0 Å². The first-order valence-electron chi connectivity index (χ1n) is 6.56. The Hall–Kier alpha value is -1.97. The fraction of sp³-hybridized carbons (Fsp3) is 0.400. The molecule has 102 valence electrons. The van der Waals surface area contributed by atoms with Crippen LogP contribution in [0.15, 0.2) is 24.4 Å². The van der Waals surface area contributed by atoms with Crippen molar-refractivity contribution in [3.8, 4) is 17.0 Å². The second-order valence-electron chi connectivity index (χ2n) is 4.87. The normalized spacial score (nSPS) is 12.4. The Balaban J connectivity index is 2.52. The Labute approximate surface area is 114 Å². The molecule has 0 amide bonds. The van der Waals surface area contributed by atoms with Crippen molar-refractivity contribution in [3.05, 3.63) is 30.0 Å². The average Bonchev–Trinajstić information content (AvgIpc) is 2.79. The third-order valence-corrected chi connectivity index (χ3v) is 3.41. The minimum Gasteiger partial charge on any atom is -0.496 e. The van der Waals surface area contributed by atoms with E-state index in [2.05, 4.69) is 25.0 Å². The summed E-state index contributed by atoms with van der Waals surface area (Å²) in [5.41, 5.74) is 9.68. The van der Waals surface area contributed by atoms with Crippen molar-refractivity contribution in [2.24, 2.45) is 0 Å². The average molecular weight is 259 g/mol. The summed E-state index contributed by atoms with van der Waals surface area (Å²) in [5, 5.41) is 4.61. The summed E-state index contributed by atoms with van der Waals surface area (Å²) in [6.07, 6.45) is 2.91. The molecule has 4 heteroatoms. The second-order valence-corrected chi connectivity index (χ2v) is 4.87. The van der Waals surface area contributed by atoms with Gasteiger partial charge in [0.25, 0.3) is 0 Å². The van der Waals surface area contributed by atoms with Crippen LogP contribution in [0.25, 0.3) is 11.3 Å². The first-order valence-corrected chi connectivity index (χ1v) is 6.56. The van der Waals surface area contributed by atoms with Gasteiger partial charge in [-0.3, -0.25) is 4.68 Å². The third-order valence-electron chi connectivity index (χ3n) is 3.41. The topological polar surface area (TPSA) is 53.1 Å². The molecule has 0 radical (unpaired) electrons. The summed E-state index contributed by atoms with van der Waals surface area (Å²) < 4.78 is 7.32. The van der Waals surface area contributed by atoms with E-state index in [1.54, 1.807) is 7.11 Å². The van der Waals surface area contributed by atoms with Gasteiger partial charge in [0.1, 0.15) is 11.4 Å². The van der Waals surface area contributed by atoms with Crippen LogP contribution in [0.5, 0.6) is 5.75 Å². The molecule has 2 aromatic rings. The number of nitrogens with zero attached hydrogens (tertiary/aromatic N) is 2. The number of aromatic nitrogens is 2. The van der Waals surface area contributed by atoms with E-state index in [1.807, 2.05) is 29.9 Å². The van der Waals surface area contributed by atoms with Crippen LogP contribution < -0.4 is 10.5 Å². The zero-order valence-corrected chi connectivity index (χ0v) is 12.0. The zero-order chi connectivity index (χ0) is 14.0. The number of nitrogens with two attached hydrogens (primary N) is 1. The number of nitrogen functional groups attached to an aromatic ring is 1. The van der Waals surface area contributed by atoms with Gasteiger partial charge in [0.05, 0.1) is 12.8 Å². The molecule has 0 spiro atoms. The van der Waals surface area contributed by atoms with Crippen molar-refractivity contribution in [3.63, 3.8) is 0 Å². The number of anilines is 1. The highest BCUT2D eigenvalue weighted by molar-refractivity contribution is 5.77. The lowest BCUT2D eigenvalue weighted by atomic mass is 10.1. The van der Waals surface area contributed by atoms with E-state index >= 15 is 0 Å². The fourth-order valence-corrected chi connectivity index (χ4v) is 2.03. The molecule has 1 unspecified atom stereocenters. The van der Waals surface area contributed by atoms with Crippen molar-refractivity contribution in [1.82, 2.24) is 9.78 Å². The molecule has 0 aliphatic heterocycles. The number of hydrogen-bond donors (Lipinski definition) is 1. The summed E-state index contributed by atoms with van der Waals surface area (Å²) in [6, 6.07) is 6.36. The maximum atomic E-state index is 6.10. The first-order chi connectivity index (χ1) is 9.06. The van der Waals surface area contributed by atoms with Crippen LogP contribution in [0, 0.1) is 6.92 Å². The van der Waals surface area contributed by atoms with Gasteiger partial charge in [0.2, 0.25) is 0 Å². The van der Waals surface area contributed by atoms with Gasteiger partial charge in [-0.05, 0) is 32.4 Å². The Morgan fingerprint density at radius 1 is 1.42 bits per heavy atom. The van der Waals surface area contributed by atoms with Crippen molar-refractivity contribution < 1.29 is 4.74 Å². The Bertz CT molecular complexity index is 575. The Morgan fingerprint density at radius 3 is 2.79 bits per heavy atom. The number of benzene rings is 1. The molecule has 0 bridgehead atoms. The summed E-state index contributed by atoms with van der Waals surface area (Å²) in [5.74, 6) is 0.798. The minimum atomic E-state index is 0.340. The molecule has 0 fully saturated rings. The van der Waals surface area contributed by atoms with Crippen LogP contribution >= 0.6 is 0 Å². The molecule has 0 saturated carbocycles. The highest BCUT2D eigenvalue weighted by Crippen LogP contribution is 2.34. The fourth-order valence-electron chi connectivity index (χ4n) is 2.03. The molecule has 4 nitrogen and oxygen atoms in total. The predicted molar refractivity (Wildman–Crippen MR) is 78.4 cm³/mol. The molecule has 1 aromatic carbocycles. The number of ether oxygens (including phenoxy) is 1. The van der Waals surface area contributed by atoms with Crippen LogP contribution in [0.2, 0.25) is 0 Å². The van der Waals surface area contributed by atoms with Crippen LogP contribution in [0.4, 0.5) is 5.69 Å². The van der Waals surface area contributed by atoms with Crippen LogP contribution in [0.3, 0.4) is 0 Å². The van der Waals surface area contributed by atoms with Gasteiger partial charge in [-0.25, -0.2) is 0 Å². The third kappa shape index (κ3) is 2.57. The van der Waals surface area contributed by atoms with Crippen LogP contribution in [-0.4, -0.2) is 16.9 Å². The molecule has 2 rings (SSSR count). The van der Waals surface area contributed by atoms with Gasteiger partial charge in [-0.2, -0.15) is 5.10 Å². The number of rotatable bonds is 4. The standard InChI is InChI=1S/C15H21N3O/c1-5-11(3)18-9-13(16)15(17-18)12-8-10(2)6-7-14(12)19-4/h6-9,11H,5,16H2,1-4H3. The summed E-state index contributed by atoms with van der Waals surface area (Å²) in [6.45, 7) is 6.31. The van der Waals surface area contributed by atoms with Gasteiger partial charge < -0.3 is 10.5 Å². The molecule has 0 aliphatic carbocycles. The number of aryl methyl sites for hydroxylation is 1. The smallest absolute Gasteiger partial charge is 0.128 e. The van der Waals surface area contributed by atoms with E-state index in [-0.39, 0.29) is 0 Å². The maximum Gasteiger partial charge on any atom is 0.128 e. The van der Waals surface area contributed by atoms with Gasteiger partial charge in [0, 0.05) is 17.8 Å². The van der Waals surface area contributed by atoms with Crippen LogP contribution in [-0.2, 0) is 0 Å². The lowest BCUT2D eigenvalue weighted by Crippen LogP contribution is -2.04. The number of hydrogen-bond acceptors (Lipinski definition) is 3. The highest BCUT2D eigenvalue weighted by atomic mass is 16.5. The van der Waals surface area contributed by atoms with Crippen molar-refractivity contribution in [1.29, 1.82) is 0 Å². The van der Waals surface area contributed by atoms with Gasteiger partial charge in [0.15, 0.2) is 0 Å². The first kappa shape index (κ1) is 13.5. The molecule has 0 saturated heterocycles. The maximum absolute atomic E-state index is 6.10. The quantitative estimate of drug-likeness (QED) is 0.915. The van der Waals surface area contributed by atoms with Crippen molar-refractivity contribution in [2.45, 2.75) is 33.2 Å². The van der Waals surface area contributed by atoms with E-state index in [9.17, 15) is 0 Å². The van der Waals surface area contributed by atoms with E-state index in [4.69, 9.17) is 10.5 Å². The predicted octanol–water partition coefficient (Wildman–Crippen LogP) is 3.42. The molecule has 1 atom stereocenters. The van der Waals surface area contributed by atoms with E-state index in [0.717, 1.165) is 29.0 Å². The molecule has 19 heavy (non-hydrogen) atoms. The van der Waals surface area contributed by atoms with Gasteiger partial charge in [-0.1, -0.05) is 18.6 Å². The van der Waals surface area contributed by atoms with E-state index in [0.29, 0.717) is 11.7 Å². The van der Waals surface area contributed by atoms with Crippen LogP contribution in [0.1, 0.15) is 31.9 Å². The summed E-state index contributed by atoms with van der Waals surface area (Å²) in [7, 11) is 1.66. The summed E-state index contributed by atoms with van der Waals surface area (Å²) in [4.78, 5) is 0. The largest absolute Gasteiger partial charge is 0.496 e. The lowest BCUT2D eigenvalue weighted by Gasteiger charge is -2.09. The number of methoxy groups -OCH3 is 1. The Kier molecular flexibility index (Phi) is 3.79. The SMILES string of the molecule is CCC(C)n1cc(N)c(-c2cc(C)ccc2OC)n1. The van der Waals surface area contributed by atoms with Gasteiger partial charge in [-0.15, -0.1) is 0 Å². The molecular weight excluding hydrogens is 238 g/mol. The monoisotopic (exact) mass is 259 g/mol. The van der Waals surface area contributed by atoms with E-state index in [1.165, 1.54) is 0 Å². The minimum absolute atomic E-state index is 0.340. The van der Waals surface area contributed by atoms with Crippen molar-refractivity contribution in [2.75, 3.05) is 12.8 Å². The lowest BCUT2D eigenvalue weighted by molar-refractivity contribution is 0.416. The zero-order valence-electron chi connectivity index (χ0n) is 12.0. The summed E-state index contributed by atoms with van der Waals surface area (Å²) >= 11 is 0. The molecule has 1 heterocycles.